The molecule has 0 rings (SSSR count). The van der Waals surface area contributed by atoms with Crippen molar-refractivity contribution in [2.24, 2.45) is 5.73 Å². The number of rotatable bonds is 2. The SMILES string of the molecule is CCC(N)S(=O)O. The number of hydrogen-bond donors (Lipinski definition) is 2. The van der Waals surface area contributed by atoms with E-state index in [1.165, 1.54) is 0 Å². The Kier molecular flexibility index (Phi) is 3.15. The van der Waals surface area contributed by atoms with Crippen LogP contribution in [-0.4, -0.2) is 14.1 Å². The second-order valence-corrected chi connectivity index (χ2v) is 2.38. The van der Waals surface area contributed by atoms with Crippen LogP contribution in [0.5, 0.6) is 0 Å². The Labute approximate surface area is 45.2 Å². The molecule has 7 heavy (non-hydrogen) atoms. The van der Waals surface area contributed by atoms with Crippen LogP contribution in [-0.2, 0) is 11.1 Å². The molecule has 44 valence electrons. The molecule has 0 aromatic carbocycles. The van der Waals surface area contributed by atoms with Gasteiger partial charge in [-0.25, -0.2) is 4.21 Å². The van der Waals surface area contributed by atoms with Crippen LogP contribution in [0.3, 0.4) is 0 Å². The molecule has 3 N–H and O–H groups in total. The molecule has 0 aliphatic heterocycles. The van der Waals surface area contributed by atoms with Gasteiger partial charge in [0, 0.05) is 0 Å². The monoisotopic (exact) mass is 123 g/mol. The van der Waals surface area contributed by atoms with E-state index in [2.05, 4.69) is 0 Å². The molecule has 0 aromatic heterocycles. The fourth-order valence-electron chi connectivity index (χ4n) is 0.143. The van der Waals surface area contributed by atoms with Crippen molar-refractivity contribution in [3.63, 3.8) is 0 Å². The molecule has 4 heteroatoms. The van der Waals surface area contributed by atoms with Gasteiger partial charge < -0.3 is 10.3 Å². The first-order chi connectivity index (χ1) is 3.18. The molecule has 0 amide bonds. The van der Waals surface area contributed by atoms with E-state index in [0.717, 1.165) is 0 Å². The van der Waals surface area contributed by atoms with E-state index in [4.69, 9.17) is 10.3 Å². The van der Waals surface area contributed by atoms with E-state index in [1.54, 1.807) is 6.92 Å². The van der Waals surface area contributed by atoms with Gasteiger partial charge >= 0.3 is 0 Å². The molecule has 0 bridgehead atoms. The Morgan fingerprint density at radius 1 is 2.00 bits per heavy atom. The quantitative estimate of drug-likeness (QED) is 0.504. The van der Waals surface area contributed by atoms with E-state index in [1.807, 2.05) is 0 Å². The molecule has 0 radical (unpaired) electrons. The largest absolute Gasteiger partial charge is 0.315 e. The molecule has 2 unspecified atom stereocenters. The van der Waals surface area contributed by atoms with Gasteiger partial charge in [-0.15, -0.1) is 0 Å². The average molecular weight is 123 g/mol. The summed E-state index contributed by atoms with van der Waals surface area (Å²) in [7, 11) is 0. The molecule has 0 saturated heterocycles. The minimum absolute atomic E-state index is 0.545. The third-order valence-electron chi connectivity index (χ3n) is 0.661. The molecule has 0 fully saturated rings. The second kappa shape index (κ2) is 3.12. The highest BCUT2D eigenvalue weighted by molar-refractivity contribution is 7.79. The number of nitrogens with two attached hydrogens (primary N) is 1. The lowest BCUT2D eigenvalue weighted by atomic mass is 10.5. The highest BCUT2D eigenvalue weighted by atomic mass is 32.2. The summed E-state index contributed by atoms with van der Waals surface area (Å²) in [5, 5.41) is -0.569. The van der Waals surface area contributed by atoms with E-state index in [-0.39, 0.29) is 0 Å². The van der Waals surface area contributed by atoms with Gasteiger partial charge in [-0.3, -0.25) is 0 Å². The van der Waals surface area contributed by atoms with Crippen LogP contribution in [0, 0.1) is 0 Å². The van der Waals surface area contributed by atoms with Gasteiger partial charge in [-0.05, 0) is 6.42 Å². The first-order valence-corrected chi connectivity index (χ1v) is 3.20. The zero-order valence-corrected chi connectivity index (χ0v) is 4.94. The maximum Gasteiger partial charge on any atom is 0.170 e. The van der Waals surface area contributed by atoms with Crippen molar-refractivity contribution in [1.82, 2.24) is 0 Å². The van der Waals surface area contributed by atoms with Crippen LogP contribution in [0.4, 0.5) is 0 Å². The lowest BCUT2D eigenvalue weighted by Crippen LogP contribution is -2.23. The van der Waals surface area contributed by atoms with Crippen molar-refractivity contribution in [3.8, 4) is 0 Å². The smallest absolute Gasteiger partial charge is 0.170 e. The predicted molar refractivity (Wildman–Crippen MR) is 29.0 cm³/mol. The summed E-state index contributed by atoms with van der Waals surface area (Å²) in [4.78, 5) is 0. The van der Waals surface area contributed by atoms with E-state index >= 15 is 0 Å². The highest BCUT2D eigenvalue weighted by Crippen LogP contribution is 1.87. The van der Waals surface area contributed by atoms with Crippen LogP contribution in [0.25, 0.3) is 0 Å². The van der Waals surface area contributed by atoms with Gasteiger partial charge in [0.2, 0.25) is 0 Å². The molecule has 0 aliphatic rings. The Bertz CT molecular complexity index is 75.3. The summed E-state index contributed by atoms with van der Waals surface area (Å²) in [6.45, 7) is 1.76. The third-order valence-corrected chi connectivity index (χ3v) is 1.51. The van der Waals surface area contributed by atoms with Crippen LogP contribution in [0.2, 0.25) is 0 Å². The summed E-state index contributed by atoms with van der Waals surface area (Å²) in [6, 6.07) is 0. The van der Waals surface area contributed by atoms with Gasteiger partial charge in [0.25, 0.3) is 0 Å². The average Bonchev–Trinajstić information content (AvgIpc) is 1.65. The molecule has 0 heterocycles. The zero-order chi connectivity index (χ0) is 5.86. The minimum Gasteiger partial charge on any atom is -0.315 e. The fourth-order valence-corrected chi connectivity index (χ4v) is 0.428. The third kappa shape index (κ3) is 2.73. The van der Waals surface area contributed by atoms with Crippen LogP contribution in [0.15, 0.2) is 0 Å². The van der Waals surface area contributed by atoms with E-state index in [0.29, 0.717) is 6.42 Å². The lowest BCUT2D eigenvalue weighted by Gasteiger charge is -1.98. The Balaban J connectivity index is 3.34. The Morgan fingerprint density at radius 3 is 2.43 bits per heavy atom. The first kappa shape index (κ1) is 7.07. The van der Waals surface area contributed by atoms with Crippen molar-refractivity contribution in [2.75, 3.05) is 0 Å². The van der Waals surface area contributed by atoms with Gasteiger partial charge in [0.15, 0.2) is 11.1 Å². The van der Waals surface area contributed by atoms with Gasteiger partial charge in [0.05, 0.1) is 0 Å². The van der Waals surface area contributed by atoms with Crippen molar-refractivity contribution >= 4 is 11.1 Å². The first-order valence-electron chi connectivity index (χ1n) is 2.03. The van der Waals surface area contributed by atoms with Crippen molar-refractivity contribution in [3.05, 3.63) is 0 Å². The normalized spacial score (nSPS) is 18.7. The van der Waals surface area contributed by atoms with Crippen LogP contribution in [0.1, 0.15) is 13.3 Å². The fraction of sp³-hybridized carbons (Fsp3) is 1.00. The molecule has 0 saturated carbocycles. The summed E-state index contributed by atoms with van der Waals surface area (Å²) in [5.41, 5.74) is 5.07. The molecule has 0 spiro atoms. The van der Waals surface area contributed by atoms with Gasteiger partial charge in [-0.1, -0.05) is 6.92 Å². The summed E-state index contributed by atoms with van der Waals surface area (Å²) in [5.74, 6) is 0. The maximum absolute atomic E-state index is 9.92. The minimum atomic E-state index is -1.83. The van der Waals surface area contributed by atoms with Gasteiger partial charge in [-0.2, -0.15) is 0 Å². The Morgan fingerprint density at radius 2 is 2.43 bits per heavy atom. The molecule has 2 atom stereocenters. The van der Waals surface area contributed by atoms with Crippen LogP contribution < -0.4 is 5.73 Å². The predicted octanol–water partition coefficient (Wildman–Crippen LogP) is -0.0971. The topological polar surface area (TPSA) is 63.3 Å². The van der Waals surface area contributed by atoms with E-state index < -0.39 is 16.5 Å². The van der Waals surface area contributed by atoms with E-state index in [9.17, 15) is 4.21 Å². The second-order valence-electron chi connectivity index (χ2n) is 1.22. The van der Waals surface area contributed by atoms with Crippen molar-refractivity contribution < 1.29 is 8.76 Å². The lowest BCUT2D eigenvalue weighted by molar-refractivity contribution is 0.545. The summed E-state index contributed by atoms with van der Waals surface area (Å²) in [6.07, 6.45) is 0.545. The Hall–Kier alpha value is 0.0700. The number of hydrogen-bond acceptors (Lipinski definition) is 2. The molecule has 0 aliphatic carbocycles. The van der Waals surface area contributed by atoms with Crippen molar-refractivity contribution in [2.45, 2.75) is 18.7 Å². The maximum atomic E-state index is 9.92. The molecule has 3 nitrogen and oxygen atoms in total. The zero-order valence-electron chi connectivity index (χ0n) is 4.13. The van der Waals surface area contributed by atoms with Crippen molar-refractivity contribution in [1.29, 1.82) is 0 Å². The molecular weight excluding hydrogens is 114 g/mol. The molecular formula is C3H9NO2S. The summed E-state index contributed by atoms with van der Waals surface area (Å²) < 4.78 is 18.1. The van der Waals surface area contributed by atoms with Crippen LogP contribution >= 0.6 is 0 Å². The molecule has 0 aromatic rings. The van der Waals surface area contributed by atoms with Gasteiger partial charge in [0.1, 0.15) is 5.37 Å². The summed E-state index contributed by atoms with van der Waals surface area (Å²) >= 11 is -1.83. The standard InChI is InChI=1S/C3H9NO2S/c1-2-3(4)7(5)6/h3H,2,4H2,1H3,(H,5,6). The highest BCUT2D eigenvalue weighted by Gasteiger charge is 2.02.